The second kappa shape index (κ2) is 11.2. The fourth-order valence-electron chi connectivity index (χ4n) is 3.05. The fraction of sp³-hybridized carbons (Fsp3) is 1.00. The Balaban J connectivity index is 3.31. The number of nitrogens with zero attached hydrogens (tertiary/aromatic N) is 9. The van der Waals surface area contributed by atoms with Gasteiger partial charge in [0.05, 0.1) is 36.5 Å². The first-order chi connectivity index (χ1) is 14.0. The molecule has 0 amide bonds. The molecule has 5 N–H and O–H groups in total. The SMILES string of the molecule is CC(O)C(OC(O[C@@H]1C(N=[N+]=[N-])C[C@@H](N=[N+]=[N-])C(O)[C@H]1O)C(C)(O)N=[N+]=[N-])[C@H](C)O. The molecule has 0 bridgehead atoms. The van der Waals surface area contributed by atoms with Gasteiger partial charge >= 0.3 is 0 Å². The molecule has 168 valence electrons. The summed E-state index contributed by atoms with van der Waals surface area (Å²) >= 11 is 0. The average Bonchev–Trinajstić information content (AvgIpc) is 2.64. The number of hydrogen-bond acceptors (Lipinski definition) is 10. The maximum atomic E-state index is 10.5. The Morgan fingerprint density at radius 2 is 1.50 bits per heavy atom. The van der Waals surface area contributed by atoms with Gasteiger partial charge in [-0.05, 0) is 43.8 Å². The predicted octanol–water partition coefficient (Wildman–Crippen LogP) is 0.347. The van der Waals surface area contributed by atoms with Gasteiger partial charge in [0.25, 0.3) is 0 Å². The van der Waals surface area contributed by atoms with E-state index in [1.165, 1.54) is 13.8 Å². The number of aliphatic hydroxyl groups excluding tert-OH is 4. The van der Waals surface area contributed by atoms with Crippen LogP contribution in [-0.2, 0) is 9.47 Å². The third kappa shape index (κ3) is 6.32. The molecular weight excluding hydrogens is 406 g/mol. The number of rotatable bonds is 10. The highest BCUT2D eigenvalue weighted by Gasteiger charge is 2.48. The smallest absolute Gasteiger partial charge is 0.192 e. The lowest BCUT2D eigenvalue weighted by atomic mass is 9.84. The Kier molecular flexibility index (Phi) is 9.55. The maximum absolute atomic E-state index is 10.5. The van der Waals surface area contributed by atoms with Crippen molar-refractivity contribution in [3.63, 3.8) is 0 Å². The molecule has 1 fully saturated rings. The van der Waals surface area contributed by atoms with E-state index >= 15 is 0 Å². The highest BCUT2D eigenvalue weighted by atomic mass is 16.7. The summed E-state index contributed by atoms with van der Waals surface area (Å²) in [5.41, 5.74) is 23.7. The summed E-state index contributed by atoms with van der Waals surface area (Å²) in [7, 11) is 0. The minimum atomic E-state index is -2.40. The molecule has 0 radical (unpaired) electrons. The summed E-state index contributed by atoms with van der Waals surface area (Å²) in [5.74, 6) is 0. The van der Waals surface area contributed by atoms with Crippen molar-refractivity contribution in [3.05, 3.63) is 31.3 Å². The van der Waals surface area contributed by atoms with E-state index in [0.717, 1.165) is 6.92 Å². The summed E-state index contributed by atoms with van der Waals surface area (Å²) in [6.07, 6.45) is -10.7. The zero-order chi connectivity index (χ0) is 23.1. The van der Waals surface area contributed by atoms with E-state index in [4.69, 9.17) is 26.1 Å². The van der Waals surface area contributed by atoms with Crippen LogP contribution in [0.2, 0.25) is 0 Å². The van der Waals surface area contributed by atoms with E-state index < -0.39 is 60.7 Å². The third-order valence-corrected chi connectivity index (χ3v) is 4.55. The van der Waals surface area contributed by atoms with E-state index in [1.807, 2.05) is 0 Å². The lowest BCUT2D eigenvalue weighted by Crippen LogP contribution is -2.59. The van der Waals surface area contributed by atoms with Crippen molar-refractivity contribution in [2.45, 2.75) is 87.9 Å². The molecule has 0 aromatic heterocycles. The molecule has 0 heterocycles. The van der Waals surface area contributed by atoms with Gasteiger partial charge in [-0.25, -0.2) is 0 Å². The van der Waals surface area contributed by atoms with Crippen LogP contribution in [-0.4, -0.2) is 86.3 Å². The fourth-order valence-corrected chi connectivity index (χ4v) is 3.05. The lowest BCUT2D eigenvalue weighted by molar-refractivity contribution is -0.301. The first kappa shape index (κ1) is 25.7. The maximum Gasteiger partial charge on any atom is 0.192 e. The largest absolute Gasteiger partial charge is 0.391 e. The molecule has 0 aromatic rings. The van der Waals surface area contributed by atoms with E-state index in [2.05, 4.69) is 30.1 Å². The molecule has 1 rings (SSSR count). The van der Waals surface area contributed by atoms with Crippen LogP contribution < -0.4 is 0 Å². The van der Waals surface area contributed by atoms with E-state index in [-0.39, 0.29) is 6.42 Å². The van der Waals surface area contributed by atoms with Gasteiger partial charge < -0.3 is 35.0 Å². The zero-order valence-electron chi connectivity index (χ0n) is 16.5. The van der Waals surface area contributed by atoms with Crippen molar-refractivity contribution < 1.29 is 35.0 Å². The summed E-state index contributed by atoms with van der Waals surface area (Å²) in [5, 5.41) is 60.8. The summed E-state index contributed by atoms with van der Waals surface area (Å²) in [6, 6.07) is -2.30. The Labute approximate surface area is 170 Å². The van der Waals surface area contributed by atoms with E-state index in [9.17, 15) is 25.5 Å². The first-order valence-electron chi connectivity index (χ1n) is 8.90. The highest BCUT2D eigenvalue weighted by molar-refractivity contribution is 5.01. The molecule has 0 spiro atoms. The standard InChI is InChI=1S/C14H25N9O7/c1-5(24)11(6(2)25)29-13(14(3,28)20-23-17)30-12-8(19-22-16)4-7(18-21-15)9(26)10(12)27/h5-13,24-28H,4H2,1-3H3/t5-,6?,7+,8?,9?,10+,11?,12+,13?,14?/m0/s1. The van der Waals surface area contributed by atoms with Gasteiger partial charge in [-0.15, -0.1) is 0 Å². The quantitative estimate of drug-likeness (QED) is 0.140. The molecular formula is C14H25N9O7. The topological polar surface area (TPSA) is 266 Å². The second-order valence-electron chi connectivity index (χ2n) is 7.06. The van der Waals surface area contributed by atoms with E-state index in [1.54, 1.807) is 0 Å². The number of azide groups is 3. The molecule has 16 nitrogen and oxygen atoms in total. The average molecular weight is 431 g/mol. The van der Waals surface area contributed by atoms with Crippen molar-refractivity contribution >= 4 is 0 Å². The Bertz CT molecular complexity index is 709. The molecule has 10 atom stereocenters. The van der Waals surface area contributed by atoms with Crippen molar-refractivity contribution in [1.82, 2.24) is 0 Å². The number of hydrogen-bond donors (Lipinski definition) is 5. The second-order valence-corrected chi connectivity index (χ2v) is 7.06. The Morgan fingerprint density at radius 3 is 1.97 bits per heavy atom. The molecule has 0 saturated heterocycles. The molecule has 30 heavy (non-hydrogen) atoms. The van der Waals surface area contributed by atoms with Crippen LogP contribution in [0.25, 0.3) is 31.3 Å². The molecule has 1 saturated carbocycles. The van der Waals surface area contributed by atoms with Gasteiger partial charge in [0.15, 0.2) is 12.0 Å². The monoisotopic (exact) mass is 431 g/mol. The van der Waals surface area contributed by atoms with Crippen molar-refractivity contribution in [2.75, 3.05) is 0 Å². The number of ether oxygens (including phenoxy) is 2. The van der Waals surface area contributed by atoms with E-state index in [0.29, 0.717) is 0 Å². The Hall–Kier alpha value is -2.35. The predicted molar refractivity (Wildman–Crippen MR) is 99.2 cm³/mol. The molecule has 6 unspecified atom stereocenters. The van der Waals surface area contributed by atoms with Crippen molar-refractivity contribution in [2.24, 2.45) is 15.3 Å². The van der Waals surface area contributed by atoms with Gasteiger partial charge in [0.1, 0.15) is 12.2 Å². The highest BCUT2D eigenvalue weighted by Crippen LogP contribution is 2.32. The Morgan fingerprint density at radius 1 is 0.967 bits per heavy atom. The van der Waals surface area contributed by atoms with Crippen molar-refractivity contribution in [1.29, 1.82) is 0 Å². The minimum Gasteiger partial charge on any atom is -0.391 e. The first-order valence-corrected chi connectivity index (χ1v) is 8.90. The van der Waals surface area contributed by atoms with Gasteiger partial charge in [-0.3, -0.25) is 0 Å². The summed E-state index contributed by atoms with van der Waals surface area (Å²) < 4.78 is 11.0. The van der Waals surface area contributed by atoms with Gasteiger partial charge in [-0.1, -0.05) is 15.3 Å². The summed E-state index contributed by atoms with van der Waals surface area (Å²) in [4.78, 5) is 7.69. The van der Waals surface area contributed by atoms with Gasteiger partial charge in [0, 0.05) is 14.7 Å². The van der Waals surface area contributed by atoms with Gasteiger partial charge in [-0.2, -0.15) is 0 Å². The van der Waals surface area contributed by atoms with Crippen LogP contribution in [0.4, 0.5) is 0 Å². The van der Waals surface area contributed by atoms with Crippen LogP contribution in [0.5, 0.6) is 0 Å². The van der Waals surface area contributed by atoms with Crippen LogP contribution in [0.3, 0.4) is 0 Å². The lowest BCUT2D eigenvalue weighted by Gasteiger charge is -2.43. The minimum absolute atomic E-state index is 0.205. The van der Waals surface area contributed by atoms with Crippen LogP contribution in [0.15, 0.2) is 15.3 Å². The third-order valence-electron chi connectivity index (χ3n) is 4.55. The van der Waals surface area contributed by atoms with Crippen LogP contribution in [0.1, 0.15) is 27.2 Å². The molecule has 1 aliphatic carbocycles. The van der Waals surface area contributed by atoms with Crippen LogP contribution in [0, 0.1) is 0 Å². The normalized spacial score (nSPS) is 32.2. The molecule has 0 aliphatic heterocycles. The number of aliphatic hydroxyl groups is 5. The van der Waals surface area contributed by atoms with Gasteiger partial charge in [0.2, 0.25) is 0 Å². The molecule has 16 heteroatoms. The molecule has 1 aliphatic rings. The van der Waals surface area contributed by atoms with Crippen LogP contribution >= 0.6 is 0 Å². The zero-order valence-corrected chi connectivity index (χ0v) is 16.5. The molecule has 0 aromatic carbocycles. The summed E-state index contributed by atoms with van der Waals surface area (Å²) in [6.45, 7) is 3.60. The van der Waals surface area contributed by atoms with Crippen molar-refractivity contribution in [3.8, 4) is 0 Å².